The fourth-order valence-corrected chi connectivity index (χ4v) is 2.94. The van der Waals surface area contributed by atoms with Crippen molar-refractivity contribution in [2.24, 2.45) is 5.92 Å². The number of nitrogens with one attached hydrogen (secondary N) is 1. The minimum Gasteiger partial charge on any atom is -0.383 e. The molecule has 0 aliphatic carbocycles. The highest BCUT2D eigenvalue weighted by Crippen LogP contribution is 2.03. The van der Waals surface area contributed by atoms with E-state index in [0.29, 0.717) is 25.5 Å². The average Bonchev–Trinajstić information content (AvgIpc) is 2.13. The van der Waals surface area contributed by atoms with Crippen molar-refractivity contribution in [2.45, 2.75) is 25.1 Å². The third-order valence-electron chi connectivity index (χ3n) is 1.84. The molecule has 0 bridgehead atoms. The van der Waals surface area contributed by atoms with E-state index in [1.165, 1.54) is 0 Å². The number of hydrogen-bond acceptors (Lipinski definition) is 3. The molecule has 0 aliphatic heterocycles. The van der Waals surface area contributed by atoms with Crippen LogP contribution in [-0.2, 0) is 14.8 Å². The highest BCUT2D eigenvalue weighted by atomic mass is 79.9. The van der Waals surface area contributed by atoms with Crippen LogP contribution in [0.4, 0.5) is 0 Å². The second-order valence-electron chi connectivity index (χ2n) is 3.90. The van der Waals surface area contributed by atoms with Gasteiger partial charge in [0.25, 0.3) is 0 Å². The molecule has 0 aliphatic rings. The number of halogens is 1. The molecule has 0 fully saturated rings. The second-order valence-corrected chi connectivity index (χ2v) is 7.12. The van der Waals surface area contributed by atoms with Crippen molar-refractivity contribution >= 4 is 26.0 Å². The van der Waals surface area contributed by atoms with Gasteiger partial charge in [-0.15, -0.1) is 0 Å². The molecule has 4 nitrogen and oxygen atoms in total. The van der Waals surface area contributed by atoms with E-state index in [4.69, 9.17) is 4.74 Å². The van der Waals surface area contributed by atoms with Gasteiger partial charge in [0.15, 0.2) is 0 Å². The van der Waals surface area contributed by atoms with Crippen molar-refractivity contribution in [1.82, 2.24) is 4.72 Å². The van der Waals surface area contributed by atoms with E-state index < -0.39 is 10.0 Å². The Bertz CT molecular complexity index is 254. The van der Waals surface area contributed by atoms with Crippen LogP contribution < -0.4 is 4.72 Å². The fourth-order valence-electron chi connectivity index (χ4n) is 0.920. The quantitative estimate of drug-likeness (QED) is 0.689. The van der Waals surface area contributed by atoms with Crippen LogP contribution in [0.25, 0.3) is 0 Å². The summed E-state index contributed by atoms with van der Waals surface area (Å²) in [6.07, 6.45) is 0.687. The van der Waals surface area contributed by atoms with Gasteiger partial charge in [-0.3, -0.25) is 0 Å². The van der Waals surface area contributed by atoms with Crippen molar-refractivity contribution in [3.63, 3.8) is 0 Å². The van der Waals surface area contributed by atoms with E-state index in [1.807, 2.05) is 13.8 Å². The Balaban J connectivity index is 3.83. The van der Waals surface area contributed by atoms with Gasteiger partial charge in [-0.05, 0) is 12.3 Å². The van der Waals surface area contributed by atoms with Gasteiger partial charge in [0.05, 0.1) is 17.2 Å². The summed E-state index contributed by atoms with van der Waals surface area (Å²) in [5.41, 5.74) is 0. The van der Waals surface area contributed by atoms with Gasteiger partial charge < -0.3 is 4.74 Å². The van der Waals surface area contributed by atoms with Gasteiger partial charge in [0, 0.05) is 13.7 Å². The molecule has 0 heterocycles. The van der Waals surface area contributed by atoms with Gasteiger partial charge in [0.1, 0.15) is 0 Å². The molecule has 0 saturated carbocycles. The Morgan fingerprint density at radius 3 is 2.47 bits per heavy atom. The largest absolute Gasteiger partial charge is 0.383 e. The van der Waals surface area contributed by atoms with Gasteiger partial charge in [-0.1, -0.05) is 29.8 Å². The Labute approximate surface area is 101 Å². The lowest BCUT2D eigenvalue weighted by Crippen LogP contribution is -2.33. The summed E-state index contributed by atoms with van der Waals surface area (Å²) < 4.78 is 30.4. The summed E-state index contributed by atoms with van der Waals surface area (Å²) in [5, 5.41) is 0. The highest BCUT2D eigenvalue weighted by molar-refractivity contribution is 9.09. The van der Waals surface area contributed by atoms with Crippen molar-refractivity contribution in [1.29, 1.82) is 0 Å². The molecule has 0 aromatic rings. The summed E-state index contributed by atoms with van der Waals surface area (Å²) in [6.45, 7) is 4.88. The molecule has 15 heavy (non-hydrogen) atoms. The predicted molar refractivity (Wildman–Crippen MR) is 65.8 cm³/mol. The summed E-state index contributed by atoms with van der Waals surface area (Å²) in [7, 11) is -1.54. The number of hydrogen-bond donors (Lipinski definition) is 1. The number of rotatable bonds is 8. The van der Waals surface area contributed by atoms with Crippen LogP contribution in [0.1, 0.15) is 20.3 Å². The van der Waals surface area contributed by atoms with Crippen molar-refractivity contribution in [2.75, 3.05) is 26.0 Å². The first-order chi connectivity index (χ1) is 6.87. The van der Waals surface area contributed by atoms with Crippen molar-refractivity contribution in [3.8, 4) is 0 Å². The third kappa shape index (κ3) is 9.29. The zero-order valence-corrected chi connectivity index (χ0v) is 11.9. The van der Waals surface area contributed by atoms with Gasteiger partial charge in [0.2, 0.25) is 10.0 Å². The fraction of sp³-hybridized carbons (Fsp3) is 1.00. The predicted octanol–water partition coefficient (Wildman–Crippen LogP) is 1.36. The lowest BCUT2D eigenvalue weighted by atomic mass is 10.2. The van der Waals surface area contributed by atoms with E-state index in [1.54, 1.807) is 7.11 Å². The summed E-state index contributed by atoms with van der Waals surface area (Å²) in [5.74, 6) is 0.595. The molecule has 1 unspecified atom stereocenters. The zero-order valence-electron chi connectivity index (χ0n) is 9.49. The molecular formula is C9H20BrNO3S. The monoisotopic (exact) mass is 301 g/mol. The first-order valence-electron chi connectivity index (χ1n) is 4.97. The molecule has 1 N–H and O–H groups in total. The van der Waals surface area contributed by atoms with Crippen LogP contribution in [0.3, 0.4) is 0 Å². The Kier molecular flexibility index (Phi) is 7.77. The normalized spacial score (nSPS) is 14.5. The van der Waals surface area contributed by atoms with E-state index in [2.05, 4.69) is 20.7 Å². The Morgan fingerprint density at radius 1 is 1.40 bits per heavy atom. The maximum Gasteiger partial charge on any atom is 0.211 e. The molecule has 0 aromatic carbocycles. The topological polar surface area (TPSA) is 55.4 Å². The minimum atomic E-state index is -3.13. The first-order valence-corrected chi connectivity index (χ1v) is 7.54. The SMILES string of the molecule is COCC(Br)CNS(=O)(=O)CCC(C)C. The average molecular weight is 302 g/mol. The molecule has 0 amide bonds. The van der Waals surface area contributed by atoms with E-state index in [0.717, 1.165) is 0 Å². The molecule has 0 spiro atoms. The lowest BCUT2D eigenvalue weighted by molar-refractivity contribution is 0.201. The third-order valence-corrected chi connectivity index (χ3v) is 3.80. The van der Waals surface area contributed by atoms with Crippen LogP contribution in [0.15, 0.2) is 0 Å². The van der Waals surface area contributed by atoms with E-state index in [9.17, 15) is 8.42 Å². The maximum atomic E-state index is 11.5. The second kappa shape index (κ2) is 7.60. The van der Waals surface area contributed by atoms with Crippen LogP contribution in [0.5, 0.6) is 0 Å². The lowest BCUT2D eigenvalue weighted by Gasteiger charge is -2.11. The number of alkyl halides is 1. The summed E-state index contributed by atoms with van der Waals surface area (Å²) >= 11 is 3.32. The molecule has 0 aromatic heterocycles. The van der Waals surface area contributed by atoms with Gasteiger partial charge in [-0.25, -0.2) is 13.1 Å². The number of methoxy groups -OCH3 is 1. The van der Waals surface area contributed by atoms with E-state index >= 15 is 0 Å². The number of ether oxygens (including phenoxy) is 1. The number of sulfonamides is 1. The molecule has 0 saturated heterocycles. The van der Waals surface area contributed by atoms with Gasteiger partial charge >= 0.3 is 0 Å². The Morgan fingerprint density at radius 2 is 2.00 bits per heavy atom. The van der Waals surface area contributed by atoms with Crippen molar-refractivity contribution < 1.29 is 13.2 Å². The van der Waals surface area contributed by atoms with Crippen molar-refractivity contribution in [3.05, 3.63) is 0 Å². The molecular weight excluding hydrogens is 282 g/mol. The van der Waals surface area contributed by atoms with Crippen LogP contribution in [0, 0.1) is 5.92 Å². The first kappa shape index (κ1) is 15.3. The van der Waals surface area contributed by atoms with Crippen LogP contribution >= 0.6 is 15.9 Å². The maximum absolute atomic E-state index is 11.5. The molecule has 0 rings (SSSR count). The van der Waals surface area contributed by atoms with Gasteiger partial charge in [-0.2, -0.15) is 0 Å². The molecule has 6 heteroatoms. The standard InChI is InChI=1S/C9H20BrNO3S/c1-8(2)4-5-15(12,13)11-6-9(10)7-14-3/h8-9,11H,4-7H2,1-3H3. The molecule has 92 valence electrons. The highest BCUT2D eigenvalue weighted by Gasteiger charge is 2.13. The summed E-state index contributed by atoms with van der Waals surface area (Å²) in [4.78, 5) is 0.0244. The molecule has 0 radical (unpaired) electrons. The summed E-state index contributed by atoms with van der Waals surface area (Å²) in [6, 6.07) is 0. The van der Waals surface area contributed by atoms with Crippen LogP contribution in [-0.4, -0.2) is 39.3 Å². The van der Waals surface area contributed by atoms with E-state index in [-0.39, 0.29) is 10.6 Å². The molecule has 1 atom stereocenters. The zero-order chi connectivity index (χ0) is 11.9. The smallest absolute Gasteiger partial charge is 0.211 e. The Hall–Kier alpha value is 0.350. The minimum absolute atomic E-state index is 0.0244. The van der Waals surface area contributed by atoms with Crippen LogP contribution in [0.2, 0.25) is 0 Å².